The number of phenolic OH excluding ortho intramolecular Hbond substituents is 1. The smallest absolute Gasteiger partial charge is 0.274 e. The predicted molar refractivity (Wildman–Crippen MR) is 89.6 cm³/mol. The molecule has 0 unspecified atom stereocenters. The van der Waals surface area contributed by atoms with Gasteiger partial charge in [-0.05, 0) is 24.3 Å². The molecule has 0 bridgehead atoms. The van der Waals surface area contributed by atoms with Gasteiger partial charge in [0.1, 0.15) is 5.75 Å². The zero-order chi connectivity index (χ0) is 16.3. The monoisotopic (exact) mass is 376 g/mol. The van der Waals surface area contributed by atoms with Gasteiger partial charge < -0.3 is 5.11 Å². The Morgan fingerprint density at radius 2 is 1.73 bits per heavy atom. The molecular formula is C14H8Cl4N2O2. The Morgan fingerprint density at radius 3 is 2.36 bits per heavy atom. The summed E-state index contributed by atoms with van der Waals surface area (Å²) in [4.78, 5) is 12.0. The molecule has 2 aromatic rings. The summed E-state index contributed by atoms with van der Waals surface area (Å²) in [5.41, 5.74) is 2.62. The van der Waals surface area contributed by atoms with Crippen LogP contribution < -0.4 is 5.43 Å². The van der Waals surface area contributed by atoms with Crippen molar-refractivity contribution in [2.24, 2.45) is 5.10 Å². The van der Waals surface area contributed by atoms with Crippen LogP contribution in [-0.2, 0) is 0 Å². The van der Waals surface area contributed by atoms with Crippen molar-refractivity contribution in [3.8, 4) is 5.75 Å². The van der Waals surface area contributed by atoms with E-state index in [2.05, 4.69) is 10.5 Å². The van der Waals surface area contributed by atoms with Crippen LogP contribution in [0.15, 0.2) is 35.4 Å². The Bertz CT molecular complexity index is 742. The maximum atomic E-state index is 12.0. The van der Waals surface area contributed by atoms with E-state index < -0.39 is 5.91 Å². The number of amides is 1. The van der Waals surface area contributed by atoms with Gasteiger partial charge in [0.2, 0.25) is 0 Å². The SMILES string of the molecule is O=C(NN=Cc1cc(Cl)cc(Cl)c1O)c1c(Cl)cccc1Cl. The molecule has 4 nitrogen and oxygen atoms in total. The number of nitrogens with one attached hydrogen (secondary N) is 1. The molecule has 0 saturated carbocycles. The second-order valence-electron chi connectivity index (χ2n) is 4.12. The number of benzene rings is 2. The van der Waals surface area contributed by atoms with Crippen LogP contribution in [0.25, 0.3) is 0 Å². The van der Waals surface area contributed by atoms with Crippen LogP contribution in [0.5, 0.6) is 5.75 Å². The minimum Gasteiger partial charge on any atom is -0.506 e. The third-order valence-electron chi connectivity index (χ3n) is 2.62. The van der Waals surface area contributed by atoms with Gasteiger partial charge in [0.05, 0.1) is 26.8 Å². The van der Waals surface area contributed by atoms with Crippen molar-refractivity contribution >= 4 is 58.5 Å². The fraction of sp³-hybridized carbons (Fsp3) is 0. The van der Waals surface area contributed by atoms with Crippen molar-refractivity contribution in [1.82, 2.24) is 5.43 Å². The second kappa shape index (κ2) is 7.20. The number of nitrogens with zero attached hydrogens (tertiary/aromatic N) is 1. The van der Waals surface area contributed by atoms with Crippen molar-refractivity contribution < 1.29 is 9.90 Å². The fourth-order valence-corrected chi connectivity index (χ4v) is 2.69. The molecule has 0 aliphatic rings. The molecule has 2 N–H and O–H groups in total. The molecule has 0 aliphatic heterocycles. The van der Waals surface area contributed by atoms with Crippen molar-refractivity contribution in [3.05, 3.63) is 61.5 Å². The van der Waals surface area contributed by atoms with E-state index in [4.69, 9.17) is 46.4 Å². The molecule has 0 spiro atoms. The first-order valence-corrected chi connectivity index (χ1v) is 7.36. The number of rotatable bonds is 3. The minimum absolute atomic E-state index is 0.0782. The normalized spacial score (nSPS) is 10.9. The standard InChI is InChI=1S/C14H8Cl4N2O2/c15-8-4-7(13(21)11(18)5-8)6-19-20-14(22)12-9(16)2-1-3-10(12)17/h1-6,21H,(H,20,22). The van der Waals surface area contributed by atoms with Gasteiger partial charge >= 0.3 is 0 Å². The van der Waals surface area contributed by atoms with E-state index in [0.29, 0.717) is 5.02 Å². The highest BCUT2D eigenvalue weighted by molar-refractivity contribution is 6.39. The molecule has 2 rings (SSSR count). The van der Waals surface area contributed by atoms with Crippen LogP contribution in [0.1, 0.15) is 15.9 Å². The van der Waals surface area contributed by atoms with Gasteiger partial charge in [-0.2, -0.15) is 5.10 Å². The van der Waals surface area contributed by atoms with Crippen molar-refractivity contribution in [2.45, 2.75) is 0 Å². The molecular weight excluding hydrogens is 370 g/mol. The molecule has 8 heteroatoms. The lowest BCUT2D eigenvalue weighted by molar-refractivity contribution is 0.0955. The number of aromatic hydroxyl groups is 1. The quantitative estimate of drug-likeness (QED) is 0.597. The van der Waals surface area contributed by atoms with Crippen LogP contribution in [0.2, 0.25) is 20.1 Å². The second-order valence-corrected chi connectivity index (χ2v) is 5.78. The third-order valence-corrected chi connectivity index (χ3v) is 3.75. The third kappa shape index (κ3) is 3.84. The maximum Gasteiger partial charge on any atom is 0.274 e. The van der Waals surface area contributed by atoms with Crippen LogP contribution in [0.3, 0.4) is 0 Å². The molecule has 0 aromatic heterocycles. The average Bonchev–Trinajstić information content (AvgIpc) is 2.43. The summed E-state index contributed by atoms with van der Waals surface area (Å²) in [7, 11) is 0. The number of halogens is 4. The molecule has 0 radical (unpaired) electrons. The van der Waals surface area contributed by atoms with Crippen LogP contribution in [0.4, 0.5) is 0 Å². The first-order valence-electron chi connectivity index (χ1n) is 5.85. The van der Waals surface area contributed by atoms with Gasteiger partial charge in [-0.25, -0.2) is 5.43 Å². The summed E-state index contributed by atoms with van der Waals surface area (Å²) in [5.74, 6) is -0.778. The number of hydrogen-bond donors (Lipinski definition) is 2. The first-order chi connectivity index (χ1) is 10.4. The van der Waals surface area contributed by atoms with E-state index in [-0.39, 0.29) is 31.9 Å². The lowest BCUT2D eigenvalue weighted by atomic mass is 10.2. The lowest BCUT2D eigenvalue weighted by Crippen LogP contribution is -2.18. The summed E-state index contributed by atoms with van der Waals surface area (Å²) in [6.45, 7) is 0. The van der Waals surface area contributed by atoms with E-state index in [1.165, 1.54) is 30.5 Å². The van der Waals surface area contributed by atoms with E-state index in [0.717, 1.165) is 0 Å². The molecule has 0 atom stereocenters. The maximum absolute atomic E-state index is 12.0. The van der Waals surface area contributed by atoms with Gasteiger partial charge in [0, 0.05) is 10.6 Å². The molecule has 0 aliphatic carbocycles. The number of carbonyl (C=O) groups is 1. The molecule has 1 amide bonds. The number of phenols is 1. The summed E-state index contributed by atoms with van der Waals surface area (Å²) in [5, 5.41) is 14.3. The van der Waals surface area contributed by atoms with E-state index in [1.807, 2.05) is 0 Å². The Morgan fingerprint density at radius 1 is 1.09 bits per heavy atom. The Balaban J connectivity index is 2.18. The summed E-state index contributed by atoms with van der Waals surface area (Å²) < 4.78 is 0. The number of hydrazone groups is 1. The Labute approximate surface area is 146 Å². The van der Waals surface area contributed by atoms with E-state index >= 15 is 0 Å². The Hall–Kier alpha value is -1.46. The van der Waals surface area contributed by atoms with Crippen molar-refractivity contribution in [2.75, 3.05) is 0 Å². The molecule has 22 heavy (non-hydrogen) atoms. The fourth-order valence-electron chi connectivity index (χ4n) is 1.62. The largest absolute Gasteiger partial charge is 0.506 e. The van der Waals surface area contributed by atoms with Gasteiger partial charge in [-0.15, -0.1) is 0 Å². The van der Waals surface area contributed by atoms with Crippen LogP contribution in [-0.4, -0.2) is 17.2 Å². The highest BCUT2D eigenvalue weighted by atomic mass is 35.5. The van der Waals surface area contributed by atoms with Crippen LogP contribution in [0, 0.1) is 0 Å². The molecule has 0 saturated heterocycles. The highest BCUT2D eigenvalue weighted by Gasteiger charge is 2.13. The average molecular weight is 378 g/mol. The van der Waals surface area contributed by atoms with E-state index in [9.17, 15) is 9.90 Å². The van der Waals surface area contributed by atoms with Crippen LogP contribution >= 0.6 is 46.4 Å². The van der Waals surface area contributed by atoms with Gasteiger partial charge in [-0.1, -0.05) is 52.5 Å². The molecule has 0 heterocycles. The number of hydrogen-bond acceptors (Lipinski definition) is 3. The molecule has 0 fully saturated rings. The summed E-state index contributed by atoms with van der Waals surface area (Å²) in [6, 6.07) is 7.53. The number of carbonyl (C=O) groups excluding carboxylic acids is 1. The van der Waals surface area contributed by atoms with Crippen molar-refractivity contribution in [3.63, 3.8) is 0 Å². The highest BCUT2D eigenvalue weighted by Crippen LogP contribution is 2.30. The predicted octanol–water partition coefficient (Wildman–Crippen LogP) is 4.77. The first kappa shape index (κ1) is 16.9. The lowest BCUT2D eigenvalue weighted by Gasteiger charge is -2.05. The van der Waals surface area contributed by atoms with Gasteiger partial charge in [0.25, 0.3) is 5.91 Å². The molecule has 114 valence electrons. The van der Waals surface area contributed by atoms with Gasteiger partial charge in [0.15, 0.2) is 0 Å². The van der Waals surface area contributed by atoms with Crippen molar-refractivity contribution in [1.29, 1.82) is 0 Å². The van der Waals surface area contributed by atoms with E-state index in [1.54, 1.807) is 6.07 Å². The zero-order valence-electron chi connectivity index (χ0n) is 10.8. The summed E-state index contributed by atoms with van der Waals surface area (Å²) in [6.07, 6.45) is 1.20. The zero-order valence-corrected chi connectivity index (χ0v) is 13.8. The topological polar surface area (TPSA) is 61.7 Å². The summed E-state index contributed by atoms with van der Waals surface area (Å²) >= 11 is 23.4. The van der Waals surface area contributed by atoms with Gasteiger partial charge in [-0.3, -0.25) is 4.79 Å². The minimum atomic E-state index is -0.584. The Kier molecular flexibility index (Phi) is 5.53. The molecule has 2 aromatic carbocycles.